The molecule has 3 aromatic rings. The molecule has 3 aromatic heterocycles. The number of rotatable bonds is 7. The van der Waals surface area contributed by atoms with Crippen LogP contribution in [0, 0.1) is 0 Å². The Bertz CT molecular complexity index is 962. The van der Waals surface area contributed by atoms with Crippen molar-refractivity contribution >= 4 is 5.65 Å². The highest BCUT2D eigenvalue weighted by Gasteiger charge is 2.27. The van der Waals surface area contributed by atoms with Crippen LogP contribution in [0.5, 0.6) is 0 Å². The summed E-state index contributed by atoms with van der Waals surface area (Å²) in [7, 11) is 0. The SMILES string of the molecule is NCCCCN(Cc1cn2c(=O)[nH]ccc2n1)[C@H]1CCCc2cccnc21. The second-order valence-corrected chi connectivity index (χ2v) is 7.17. The van der Waals surface area contributed by atoms with E-state index in [1.54, 1.807) is 10.6 Å². The van der Waals surface area contributed by atoms with Gasteiger partial charge in [0.05, 0.1) is 17.4 Å². The predicted octanol–water partition coefficient (Wildman–Crippen LogP) is 2.04. The van der Waals surface area contributed by atoms with Crippen molar-refractivity contribution in [1.29, 1.82) is 0 Å². The standard InChI is InChI=1S/C20H26N6O/c21-9-1-2-12-25(17-7-3-5-15-6-4-10-22-19(15)17)13-16-14-26-18(24-16)8-11-23-20(26)27/h4,6,8,10-11,14,17H,1-3,5,7,9,12-13,21H2,(H,23,27)/t17-/m0/s1. The van der Waals surface area contributed by atoms with Gasteiger partial charge in [0.1, 0.15) is 5.65 Å². The average molecular weight is 366 g/mol. The van der Waals surface area contributed by atoms with Crippen molar-refractivity contribution in [3.8, 4) is 0 Å². The number of nitrogens with zero attached hydrogens (tertiary/aromatic N) is 4. The number of aryl methyl sites for hydroxylation is 1. The van der Waals surface area contributed by atoms with Gasteiger partial charge in [-0.2, -0.15) is 0 Å². The first-order valence-corrected chi connectivity index (χ1v) is 9.70. The Morgan fingerprint density at radius 2 is 2.26 bits per heavy atom. The summed E-state index contributed by atoms with van der Waals surface area (Å²) < 4.78 is 1.57. The fourth-order valence-electron chi connectivity index (χ4n) is 4.01. The minimum Gasteiger partial charge on any atom is -0.330 e. The van der Waals surface area contributed by atoms with Gasteiger partial charge in [-0.25, -0.2) is 9.78 Å². The van der Waals surface area contributed by atoms with Gasteiger partial charge < -0.3 is 10.7 Å². The Morgan fingerprint density at radius 3 is 3.11 bits per heavy atom. The van der Waals surface area contributed by atoms with E-state index < -0.39 is 0 Å². The summed E-state index contributed by atoms with van der Waals surface area (Å²) in [4.78, 5) is 26.5. The summed E-state index contributed by atoms with van der Waals surface area (Å²) in [5.74, 6) is 0. The Morgan fingerprint density at radius 1 is 1.33 bits per heavy atom. The van der Waals surface area contributed by atoms with Gasteiger partial charge >= 0.3 is 5.69 Å². The molecule has 7 heteroatoms. The van der Waals surface area contributed by atoms with E-state index in [0.29, 0.717) is 18.7 Å². The number of nitrogens with one attached hydrogen (secondary N) is 1. The van der Waals surface area contributed by atoms with Gasteiger partial charge in [-0.15, -0.1) is 0 Å². The minimum atomic E-state index is -0.161. The maximum Gasteiger partial charge on any atom is 0.331 e. The van der Waals surface area contributed by atoms with Crippen molar-refractivity contribution < 1.29 is 0 Å². The first kappa shape index (κ1) is 17.9. The van der Waals surface area contributed by atoms with Crippen LogP contribution in [0.2, 0.25) is 0 Å². The van der Waals surface area contributed by atoms with Gasteiger partial charge in [0, 0.05) is 25.1 Å². The largest absolute Gasteiger partial charge is 0.331 e. The lowest BCUT2D eigenvalue weighted by Gasteiger charge is -2.34. The molecule has 0 aliphatic heterocycles. The molecule has 0 radical (unpaired) electrons. The molecule has 3 N–H and O–H groups in total. The molecule has 0 spiro atoms. The van der Waals surface area contributed by atoms with Crippen LogP contribution in [0.25, 0.3) is 5.65 Å². The Kier molecular flexibility index (Phi) is 5.31. The number of hydrogen-bond acceptors (Lipinski definition) is 5. The van der Waals surface area contributed by atoms with E-state index in [4.69, 9.17) is 10.7 Å². The molecule has 7 nitrogen and oxygen atoms in total. The molecule has 1 aliphatic rings. The molecule has 142 valence electrons. The third-order valence-corrected chi connectivity index (χ3v) is 5.31. The van der Waals surface area contributed by atoms with Crippen LogP contribution in [-0.2, 0) is 13.0 Å². The zero-order chi connectivity index (χ0) is 18.6. The summed E-state index contributed by atoms with van der Waals surface area (Å²) in [6.07, 6.45) is 10.8. The molecule has 0 saturated carbocycles. The zero-order valence-electron chi connectivity index (χ0n) is 15.5. The van der Waals surface area contributed by atoms with Gasteiger partial charge in [-0.05, 0) is 62.9 Å². The van der Waals surface area contributed by atoms with Crippen LogP contribution in [0.1, 0.15) is 48.7 Å². The minimum absolute atomic E-state index is 0.161. The number of fused-ring (bicyclic) bond motifs is 2. The molecule has 3 heterocycles. The Labute approximate surface area is 158 Å². The maximum atomic E-state index is 12.0. The fourth-order valence-corrected chi connectivity index (χ4v) is 4.01. The Balaban J connectivity index is 1.63. The lowest BCUT2D eigenvalue weighted by Crippen LogP contribution is -2.33. The number of imidazole rings is 1. The first-order chi connectivity index (χ1) is 13.3. The lowest BCUT2D eigenvalue weighted by atomic mass is 9.90. The van der Waals surface area contributed by atoms with Crippen molar-refractivity contribution in [2.24, 2.45) is 5.73 Å². The maximum absolute atomic E-state index is 12.0. The highest BCUT2D eigenvalue weighted by Crippen LogP contribution is 2.33. The quantitative estimate of drug-likeness (QED) is 0.624. The van der Waals surface area contributed by atoms with E-state index in [-0.39, 0.29) is 11.7 Å². The van der Waals surface area contributed by atoms with Crippen molar-refractivity contribution in [3.05, 3.63) is 64.2 Å². The molecule has 0 unspecified atom stereocenters. The average Bonchev–Trinajstić information content (AvgIpc) is 3.11. The number of nitrogens with two attached hydrogens (primary N) is 1. The fraction of sp³-hybridized carbons (Fsp3) is 0.450. The van der Waals surface area contributed by atoms with E-state index in [1.165, 1.54) is 17.7 Å². The Hall–Kier alpha value is -2.51. The van der Waals surface area contributed by atoms with Crippen LogP contribution in [0.15, 0.2) is 41.6 Å². The van der Waals surface area contributed by atoms with Crippen molar-refractivity contribution in [3.63, 3.8) is 0 Å². The lowest BCUT2D eigenvalue weighted by molar-refractivity contribution is 0.161. The van der Waals surface area contributed by atoms with Gasteiger partial charge in [0.15, 0.2) is 0 Å². The summed E-state index contributed by atoms with van der Waals surface area (Å²) in [5, 5.41) is 0. The van der Waals surface area contributed by atoms with Gasteiger partial charge in [0.2, 0.25) is 0 Å². The molecule has 1 aliphatic carbocycles. The molecular weight excluding hydrogens is 340 g/mol. The zero-order valence-corrected chi connectivity index (χ0v) is 15.5. The number of unbranched alkanes of at least 4 members (excludes halogenated alkanes) is 1. The number of aromatic amines is 1. The summed E-state index contributed by atoms with van der Waals surface area (Å²) >= 11 is 0. The molecule has 0 fully saturated rings. The monoisotopic (exact) mass is 366 g/mol. The smallest absolute Gasteiger partial charge is 0.330 e. The van der Waals surface area contributed by atoms with Crippen LogP contribution in [0.4, 0.5) is 0 Å². The highest BCUT2D eigenvalue weighted by molar-refractivity contribution is 5.38. The normalized spacial score (nSPS) is 16.7. The van der Waals surface area contributed by atoms with Gasteiger partial charge in [0.25, 0.3) is 0 Å². The number of pyridine rings is 1. The molecule has 1 atom stereocenters. The van der Waals surface area contributed by atoms with E-state index in [2.05, 4.69) is 20.9 Å². The molecule has 27 heavy (non-hydrogen) atoms. The van der Waals surface area contributed by atoms with E-state index in [1.807, 2.05) is 24.5 Å². The summed E-state index contributed by atoms with van der Waals surface area (Å²) in [5.41, 5.74) is 9.67. The highest BCUT2D eigenvalue weighted by atomic mass is 16.1. The van der Waals surface area contributed by atoms with E-state index >= 15 is 0 Å². The predicted molar refractivity (Wildman–Crippen MR) is 104 cm³/mol. The molecule has 0 aromatic carbocycles. The second kappa shape index (κ2) is 8.02. The molecule has 0 saturated heterocycles. The van der Waals surface area contributed by atoms with Crippen molar-refractivity contribution in [1.82, 2.24) is 24.3 Å². The number of H-pyrrole nitrogens is 1. The molecule has 0 amide bonds. The molecular formula is C20H26N6O. The third kappa shape index (κ3) is 3.79. The number of aromatic nitrogens is 4. The second-order valence-electron chi connectivity index (χ2n) is 7.17. The number of hydrogen-bond donors (Lipinski definition) is 2. The van der Waals surface area contributed by atoms with Crippen molar-refractivity contribution in [2.45, 2.75) is 44.7 Å². The van der Waals surface area contributed by atoms with Gasteiger partial charge in [-0.1, -0.05) is 6.07 Å². The molecule has 0 bridgehead atoms. The van der Waals surface area contributed by atoms with Crippen LogP contribution < -0.4 is 11.4 Å². The van der Waals surface area contributed by atoms with E-state index in [9.17, 15) is 4.79 Å². The van der Waals surface area contributed by atoms with Crippen LogP contribution in [0.3, 0.4) is 0 Å². The molecule has 4 rings (SSSR count). The van der Waals surface area contributed by atoms with Crippen LogP contribution in [-0.4, -0.2) is 37.3 Å². The van der Waals surface area contributed by atoms with E-state index in [0.717, 1.165) is 37.9 Å². The summed E-state index contributed by atoms with van der Waals surface area (Å²) in [6, 6.07) is 6.32. The van der Waals surface area contributed by atoms with Gasteiger partial charge in [-0.3, -0.25) is 14.3 Å². The first-order valence-electron chi connectivity index (χ1n) is 9.70. The van der Waals surface area contributed by atoms with Crippen molar-refractivity contribution in [2.75, 3.05) is 13.1 Å². The van der Waals surface area contributed by atoms with Crippen LogP contribution >= 0.6 is 0 Å². The topological polar surface area (TPSA) is 92.3 Å². The third-order valence-electron chi connectivity index (χ3n) is 5.31. The summed E-state index contributed by atoms with van der Waals surface area (Å²) in [6.45, 7) is 2.35.